The predicted molar refractivity (Wildman–Crippen MR) is 138 cm³/mol. The number of morpholine rings is 1. The van der Waals surface area contributed by atoms with E-state index in [-0.39, 0.29) is 18.6 Å². The van der Waals surface area contributed by atoms with Crippen LogP contribution in [0.25, 0.3) is 16.7 Å². The minimum Gasteiger partial charge on any atom is -0.467 e. The van der Waals surface area contributed by atoms with Gasteiger partial charge < -0.3 is 24.2 Å². The molecule has 4 atom stereocenters. The molecule has 0 aliphatic carbocycles. The lowest BCUT2D eigenvalue weighted by Crippen LogP contribution is -2.54. The van der Waals surface area contributed by atoms with Crippen molar-refractivity contribution in [2.24, 2.45) is 5.92 Å². The molecule has 1 aromatic carbocycles. The second-order valence-electron chi connectivity index (χ2n) is 10.9. The molecular weight excluding hydrogens is 472 g/mol. The molecule has 4 unspecified atom stereocenters. The van der Waals surface area contributed by atoms with Gasteiger partial charge in [0.15, 0.2) is 5.82 Å². The van der Waals surface area contributed by atoms with Gasteiger partial charge in [-0.1, -0.05) is 0 Å². The summed E-state index contributed by atoms with van der Waals surface area (Å²) in [6, 6.07) is 7.65. The monoisotopic (exact) mass is 506 g/mol. The van der Waals surface area contributed by atoms with Crippen molar-refractivity contribution in [1.29, 1.82) is 0 Å². The summed E-state index contributed by atoms with van der Waals surface area (Å²) < 4.78 is 18.6. The van der Waals surface area contributed by atoms with Crippen molar-refractivity contribution in [3.63, 3.8) is 0 Å². The SMILES string of the molecule is COc1nc(N2CC3CC2CO3)cc(-n2ncc3cc(C)c(C4CCN(C5COC5)CC4CO)cc32)n1. The summed E-state index contributed by atoms with van der Waals surface area (Å²) in [6.45, 7) is 7.47. The van der Waals surface area contributed by atoms with Crippen LogP contribution < -0.4 is 9.64 Å². The molecule has 0 saturated carbocycles. The average molecular weight is 507 g/mol. The third kappa shape index (κ3) is 3.98. The number of fused-ring (bicyclic) bond motifs is 3. The van der Waals surface area contributed by atoms with Gasteiger partial charge in [-0.25, -0.2) is 4.68 Å². The number of hydrogen-bond donors (Lipinski definition) is 1. The van der Waals surface area contributed by atoms with Gasteiger partial charge in [-0.15, -0.1) is 0 Å². The van der Waals surface area contributed by atoms with Crippen LogP contribution in [0.4, 0.5) is 5.82 Å². The molecule has 37 heavy (non-hydrogen) atoms. The molecule has 2 bridgehead atoms. The molecule has 0 amide bonds. The van der Waals surface area contributed by atoms with Gasteiger partial charge in [0.05, 0.1) is 56.8 Å². The summed E-state index contributed by atoms with van der Waals surface area (Å²) in [5, 5.41) is 16.1. The fraction of sp³-hybridized carbons (Fsp3) is 0.593. The maximum absolute atomic E-state index is 10.3. The van der Waals surface area contributed by atoms with E-state index in [0.717, 1.165) is 69.0 Å². The van der Waals surface area contributed by atoms with Crippen LogP contribution in [0.15, 0.2) is 24.4 Å². The largest absolute Gasteiger partial charge is 0.467 e. The first-order chi connectivity index (χ1) is 18.1. The molecule has 4 aliphatic heterocycles. The van der Waals surface area contributed by atoms with Crippen LogP contribution in [0.5, 0.6) is 6.01 Å². The first kappa shape index (κ1) is 23.3. The number of anilines is 1. The summed E-state index contributed by atoms with van der Waals surface area (Å²) >= 11 is 0. The van der Waals surface area contributed by atoms with Gasteiger partial charge in [0.2, 0.25) is 0 Å². The number of aliphatic hydroxyl groups excluding tert-OH is 1. The standard InChI is InChI=1S/C27H34N6O4/c1-16-5-17-9-28-33(26-8-25(29-27(30-26)35-2)32-11-21-6-19(32)15-37-21)24(17)7-23(16)22-3-4-31(10-18(22)12-34)20-13-36-14-20/h5,7-9,18-22,34H,3-4,6,10-15H2,1-2H3. The Hall–Kier alpha value is -2.79. The number of aryl methyl sites for hydroxylation is 1. The second-order valence-corrected chi connectivity index (χ2v) is 10.9. The molecule has 0 spiro atoms. The van der Waals surface area contributed by atoms with Crippen LogP contribution >= 0.6 is 0 Å². The van der Waals surface area contributed by atoms with E-state index in [2.05, 4.69) is 38.8 Å². The number of benzene rings is 1. The number of aromatic nitrogens is 4. The molecule has 10 heteroatoms. The lowest BCUT2D eigenvalue weighted by molar-refractivity contribution is -0.0816. The van der Waals surface area contributed by atoms with Crippen molar-refractivity contribution in [1.82, 2.24) is 24.6 Å². The molecule has 0 radical (unpaired) electrons. The number of ether oxygens (including phenoxy) is 3. The van der Waals surface area contributed by atoms with E-state index in [1.807, 2.05) is 16.9 Å². The van der Waals surface area contributed by atoms with Gasteiger partial charge in [-0.05, 0) is 55.5 Å². The van der Waals surface area contributed by atoms with E-state index in [4.69, 9.17) is 19.3 Å². The number of methoxy groups -OCH3 is 1. The Morgan fingerprint density at radius 2 is 1.95 bits per heavy atom. The van der Waals surface area contributed by atoms with Crippen molar-refractivity contribution in [3.8, 4) is 11.8 Å². The Balaban J connectivity index is 1.24. The number of piperidine rings is 1. The Labute approximate surface area is 216 Å². The van der Waals surface area contributed by atoms with Crippen molar-refractivity contribution < 1.29 is 19.3 Å². The van der Waals surface area contributed by atoms with Gasteiger partial charge in [0, 0.05) is 37.1 Å². The Kier molecular flexibility index (Phi) is 5.80. The third-order valence-corrected chi connectivity index (χ3v) is 8.76. The quantitative estimate of drug-likeness (QED) is 0.538. The summed E-state index contributed by atoms with van der Waals surface area (Å²) in [4.78, 5) is 14.1. The normalized spacial score (nSPS) is 28.2. The molecule has 4 aliphatic rings. The van der Waals surface area contributed by atoms with E-state index >= 15 is 0 Å². The third-order valence-electron chi connectivity index (χ3n) is 8.76. The molecule has 7 rings (SSSR count). The topological polar surface area (TPSA) is 98.0 Å². The van der Waals surface area contributed by atoms with Gasteiger partial charge in [-0.3, -0.25) is 4.90 Å². The number of nitrogens with zero attached hydrogens (tertiary/aromatic N) is 6. The van der Waals surface area contributed by atoms with Crippen LogP contribution in [-0.2, 0) is 9.47 Å². The lowest BCUT2D eigenvalue weighted by Gasteiger charge is -2.45. The highest BCUT2D eigenvalue weighted by atomic mass is 16.5. The van der Waals surface area contributed by atoms with Gasteiger partial charge in [0.25, 0.3) is 0 Å². The summed E-state index contributed by atoms with van der Waals surface area (Å²) in [5.41, 5.74) is 3.53. The Morgan fingerprint density at radius 1 is 1.08 bits per heavy atom. The number of rotatable bonds is 6. The fourth-order valence-electron chi connectivity index (χ4n) is 6.63. The van der Waals surface area contributed by atoms with Crippen LogP contribution in [0.1, 0.15) is 29.9 Å². The maximum atomic E-state index is 10.3. The molecule has 4 saturated heterocycles. The molecule has 3 aromatic rings. The van der Waals surface area contributed by atoms with Crippen molar-refractivity contribution >= 4 is 16.7 Å². The second kappa shape index (κ2) is 9.20. The van der Waals surface area contributed by atoms with Crippen molar-refractivity contribution in [3.05, 3.63) is 35.5 Å². The van der Waals surface area contributed by atoms with Crippen LogP contribution in [0.2, 0.25) is 0 Å². The van der Waals surface area contributed by atoms with E-state index in [1.165, 1.54) is 11.1 Å². The van der Waals surface area contributed by atoms with Crippen LogP contribution in [0.3, 0.4) is 0 Å². The number of likely N-dealkylation sites (tertiary alicyclic amines) is 1. The molecule has 4 fully saturated rings. The Morgan fingerprint density at radius 3 is 2.65 bits per heavy atom. The first-order valence-electron chi connectivity index (χ1n) is 13.3. The molecule has 196 valence electrons. The highest BCUT2D eigenvalue weighted by Gasteiger charge is 2.40. The summed E-state index contributed by atoms with van der Waals surface area (Å²) in [5.74, 6) is 2.03. The molecule has 6 heterocycles. The smallest absolute Gasteiger partial charge is 0.320 e. The van der Waals surface area contributed by atoms with E-state index < -0.39 is 0 Å². The highest BCUT2D eigenvalue weighted by Crippen LogP contribution is 2.38. The summed E-state index contributed by atoms with van der Waals surface area (Å²) in [6.07, 6.45) is 4.23. The van der Waals surface area contributed by atoms with Crippen molar-refractivity contribution in [2.75, 3.05) is 58.1 Å². The van der Waals surface area contributed by atoms with Gasteiger partial charge >= 0.3 is 6.01 Å². The van der Waals surface area contributed by atoms with E-state index in [1.54, 1.807) is 7.11 Å². The van der Waals surface area contributed by atoms with Gasteiger partial charge in [0.1, 0.15) is 5.82 Å². The summed E-state index contributed by atoms with van der Waals surface area (Å²) in [7, 11) is 1.60. The highest BCUT2D eigenvalue weighted by molar-refractivity contribution is 5.82. The maximum Gasteiger partial charge on any atom is 0.320 e. The minimum atomic E-state index is 0.180. The predicted octanol–water partition coefficient (Wildman–Crippen LogP) is 1.91. The minimum absolute atomic E-state index is 0.180. The molecule has 1 N–H and O–H groups in total. The van der Waals surface area contributed by atoms with E-state index in [0.29, 0.717) is 29.8 Å². The molecule has 10 nitrogen and oxygen atoms in total. The van der Waals surface area contributed by atoms with E-state index in [9.17, 15) is 5.11 Å². The zero-order valence-electron chi connectivity index (χ0n) is 21.4. The Bertz CT molecular complexity index is 1310. The van der Waals surface area contributed by atoms with Crippen molar-refractivity contribution in [2.45, 2.75) is 43.9 Å². The van der Waals surface area contributed by atoms with Crippen LogP contribution in [0, 0.1) is 12.8 Å². The lowest BCUT2D eigenvalue weighted by atomic mass is 9.78. The number of hydrogen-bond acceptors (Lipinski definition) is 9. The van der Waals surface area contributed by atoms with Crippen LogP contribution in [-0.4, -0.2) is 101 Å². The number of aliphatic hydroxyl groups is 1. The average Bonchev–Trinajstić information content (AvgIpc) is 3.63. The molecule has 2 aromatic heterocycles. The zero-order chi connectivity index (χ0) is 25.1. The first-order valence-corrected chi connectivity index (χ1v) is 13.3. The zero-order valence-corrected chi connectivity index (χ0v) is 21.4. The fourth-order valence-corrected chi connectivity index (χ4v) is 6.63. The van der Waals surface area contributed by atoms with Gasteiger partial charge in [-0.2, -0.15) is 15.1 Å². The molecular formula is C27H34N6O4.